The number of esters is 1. The van der Waals surface area contributed by atoms with Gasteiger partial charge in [-0.25, -0.2) is 0 Å². The highest BCUT2D eigenvalue weighted by molar-refractivity contribution is 8.00. The lowest BCUT2D eigenvalue weighted by Gasteiger charge is -2.16. The number of carbonyl (C=O) groups is 2. The number of benzene rings is 2. The van der Waals surface area contributed by atoms with E-state index in [0.29, 0.717) is 28.9 Å². The van der Waals surface area contributed by atoms with E-state index in [1.54, 1.807) is 45.2 Å². The fraction of sp³-hybridized carbons (Fsp3) is 0.333. The molecule has 0 bridgehead atoms. The summed E-state index contributed by atoms with van der Waals surface area (Å²) in [5, 5.41) is 11.6. The van der Waals surface area contributed by atoms with Crippen molar-refractivity contribution in [1.29, 1.82) is 0 Å². The summed E-state index contributed by atoms with van der Waals surface area (Å²) in [6.07, 6.45) is 0. The standard InChI is InChI=1S/C24H28N4O4S/c1-6-32-23(30)17(4)33-24-27-26-21(28(24)20-9-7-8-15(2)16(20)3)14-25-22(29)18-10-12-19(31-5)13-11-18/h7-13,17H,6,14H2,1-5H3,(H,25,29)/t17-/m1/s1. The second kappa shape index (κ2) is 11.0. The molecule has 3 aromatic rings. The molecule has 0 aliphatic rings. The molecule has 0 spiro atoms. The molecule has 0 saturated carbocycles. The first kappa shape index (κ1) is 24.3. The van der Waals surface area contributed by atoms with Crippen molar-refractivity contribution >= 4 is 23.6 Å². The quantitative estimate of drug-likeness (QED) is 0.376. The predicted octanol–water partition coefficient (Wildman–Crippen LogP) is 3.87. The summed E-state index contributed by atoms with van der Waals surface area (Å²) in [6, 6.07) is 12.8. The van der Waals surface area contributed by atoms with Crippen LogP contribution in [0.25, 0.3) is 5.69 Å². The van der Waals surface area contributed by atoms with Crippen LogP contribution < -0.4 is 10.1 Å². The Hall–Kier alpha value is -3.33. The lowest BCUT2D eigenvalue weighted by atomic mass is 10.1. The molecule has 2 aromatic carbocycles. The number of nitrogens with one attached hydrogen (secondary N) is 1. The van der Waals surface area contributed by atoms with Crippen LogP contribution in [-0.4, -0.2) is 45.6 Å². The number of aryl methyl sites for hydroxylation is 1. The molecule has 0 radical (unpaired) electrons. The Bertz CT molecular complexity index is 1130. The van der Waals surface area contributed by atoms with Crippen molar-refractivity contribution in [1.82, 2.24) is 20.1 Å². The van der Waals surface area contributed by atoms with Crippen LogP contribution in [0.2, 0.25) is 0 Å². The third-order valence-corrected chi connectivity index (χ3v) is 6.20. The molecule has 0 aliphatic carbocycles. The van der Waals surface area contributed by atoms with E-state index in [-0.39, 0.29) is 18.4 Å². The van der Waals surface area contributed by atoms with Crippen LogP contribution in [0.3, 0.4) is 0 Å². The van der Waals surface area contributed by atoms with Gasteiger partial charge in [0.05, 0.1) is 25.9 Å². The van der Waals surface area contributed by atoms with Crippen molar-refractivity contribution in [2.75, 3.05) is 13.7 Å². The van der Waals surface area contributed by atoms with E-state index in [0.717, 1.165) is 16.8 Å². The molecule has 3 rings (SSSR count). The molecule has 1 amide bonds. The Morgan fingerprint density at radius 1 is 1.12 bits per heavy atom. The molecular weight excluding hydrogens is 440 g/mol. The molecule has 0 saturated heterocycles. The van der Waals surface area contributed by atoms with Gasteiger partial charge in [0.2, 0.25) is 0 Å². The zero-order valence-electron chi connectivity index (χ0n) is 19.4. The van der Waals surface area contributed by atoms with E-state index in [1.807, 2.05) is 36.6 Å². The molecule has 0 fully saturated rings. The SMILES string of the molecule is CCOC(=O)[C@@H](C)Sc1nnc(CNC(=O)c2ccc(OC)cc2)n1-c1cccc(C)c1C. The highest BCUT2D eigenvalue weighted by atomic mass is 32.2. The van der Waals surface area contributed by atoms with Gasteiger partial charge in [-0.1, -0.05) is 23.9 Å². The minimum absolute atomic E-state index is 0.166. The van der Waals surface area contributed by atoms with Crippen LogP contribution in [0, 0.1) is 13.8 Å². The van der Waals surface area contributed by atoms with E-state index in [2.05, 4.69) is 15.5 Å². The van der Waals surface area contributed by atoms with Crippen molar-refractivity contribution in [3.63, 3.8) is 0 Å². The third kappa shape index (κ3) is 5.73. The molecular formula is C24H28N4O4S. The minimum Gasteiger partial charge on any atom is -0.497 e. The maximum Gasteiger partial charge on any atom is 0.319 e. The summed E-state index contributed by atoms with van der Waals surface area (Å²) >= 11 is 1.27. The average Bonchev–Trinajstić information content (AvgIpc) is 3.21. The van der Waals surface area contributed by atoms with Gasteiger partial charge in [0.25, 0.3) is 5.91 Å². The van der Waals surface area contributed by atoms with E-state index >= 15 is 0 Å². The molecule has 1 N–H and O–H groups in total. The predicted molar refractivity (Wildman–Crippen MR) is 127 cm³/mol. The summed E-state index contributed by atoms with van der Waals surface area (Å²) in [6.45, 7) is 8.08. The van der Waals surface area contributed by atoms with Crippen molar-refractivity contribution in [2.45, 2.75) is 44.6 Å². The van der Waals surface area contributed by atoms with Gasteiger partial charge in [-0.15, -0.1) is 10.2 Å². The number of carbonyl (C=O) groups excluding carboxylic acids is 2. The zero-order chi connectivity index (χ0) is 24.0. The number of hydrogen-bond donors (Lipinski definition) is 1. The number of thioether (sulfide) groups is 1. The Labute approximate surface area is 197 Å². The topological polar surface area (TPSA) is 95.3 Å². The lowest BCUT2D eigenvalue weighted by molar-refractivity contribution is -0.142. The van der Waals surface area contributed by atoms with Crippen molar-refractivity contribution < 1.29 is 19.1 Å². The Balaban J connectivity index is 1.89. The molecule has 9 heteroatoms. The highest BCUT2D eigenvalue weighted by Gasteiger charge is 2.23. The zero-order valence-corrected chi connectivity index (χ0v) is 20.2. The second-order valence-corrected chi connectivity index (χ2v) is 8.68. The van der Waals surface area contributed by atoms with Crippen molar-refractivity contribution in [2.24, 2.45) is 0 Å². The van der Waals surface area contributed by atoms with Gasteiger partial charge in [0.1, 0.15) is 11.0 Å². The molecule has 0 aliphatic heterocycles. The maximum absolute atomic E-state index is 12.7. The van der Waals surface area contributed by atoms with E-state index in [1.165, 1.54) is 11.8 Å². The number of rotatable bonds is 9. The molecule has 1 heterocycles. The normalized spacial score (nSPS) is 11.7. The van der Waals surface area contributed by atoms with Crippen LogP contribution in [0.4, 0.5) is 0 Å². The van der Waals surface area contributed by atoms with E-state index in [9.17, 15) is 9.59 Å². The monoisotopic (exact) mass is 468 g/mol. The van der Waals surface area contributed by atoms with Crippen LogP contribution in [0.1, 0.15) is 41.2 Å². The summed E-state index contributed by atoms with van der Waals surface area (Å²) in [5.41, 5.74) is 3.58. The molecule has 0 unspecified atom stereocenters. The number of amides is 1. The third-order valence-electron chi connectivity index (χ3n) is 5.18. The molecule has 174 valence electrons. The molecule has 1 aromatic heterocycles. The molecule has 8 nitrogen and oxygen atoms in total. The number of nitrogens with zero attached hydrogens (tertiary/aromatic N) is 3. The number of ether oxygens (including phenoxy) is 2. The Morgan fingerprint density at radius 2 is 1.85 bits per heavy atom. The second-order valence-electron chi connectivity index (χ2n) is 7.38. The smallest absolute Gasteiger partial charge is 0.319 e. The molecule has 33 heavy (non-hydrogen) atoms. The van der Waals surface area contributed by atoms with Gasteiger partial charge in [-0.2, -0.15) is 0 Å². The fourth-order valence-electron chi connectivity index (χ4n) is 3.18. The van der Waals surface area contributed by atoms with Gasteiger partial charge in [-0.3, -0.25) is 14.2 Å². The minimum atomic E-state index is -0.459. The summed E-state index contributed by atoms with van der Waals surface area (Å²) in [7, 11) is 1.58. The number of hydrogen-bond acceptors (Lipinski definition) is 7. The van der Waals surface area contributed by atoms with E-state index < -0.39 is 5.25 Å². The van der Waals surface area contributed by atoms with Gasteiger partial charge >= 0.3 is 5.97 Å². The fourth-order valence-corrected chi connectivity index (χ4v) is 4.06. The van der Waals surface area contributed by atoms with Gasteiger partial charge < -0.3 is 14.8 Å². The van der Waals surface area contributed by atoms with Gasteiger partial charge in [-0.05, 0) is 69.2 Å². The van der Waals surface area contributed by atoms with Crippen LogP contribution >= 0.6 is 11.8 Å². The number of aromatic nitrogens is 3. The van der Waals surface area contributed by atoms with Crippen LogP contribution in [-0.2, 0) is 16.1 Å². The lowest BCUT2D eigenvalue weighted by Crippen LogP contribution is -2.25. The van der Waals surface area contributed by atoms with Crippen molar-refractivity contribution in [3.8, 4) is 11.4 Å². The highest BCUT2D eigenvalue weighted by Crippen LogP contribution is 2.28. The first-order chi connectivity index (χ1) is 15.8. The van der Waals surface area contributed by atoms with Crippen LogP contribution in [0.15, 0.2) is 47.6 Å². The summed E-state index contributed by atoms with van der Waals surface area (Å²) in [5.74, 6) is 0.692. The van der Waals surface area contributed by atoms with Crippen molar-refractivity contribution in [3.05, 3.63) is 65.0 Å². The average molecular weight is 469 g/mol. The maximum atomic E-state index is 12.7. The number of methoxy groups -OCH3 is 1. The van der Waals surface area contributed by atoms with Gasteiger partial charge in [0.15, 0.2) is 11.0 Å². The van der Waals surface area contributed by atoms with E-state index in [4.69, 9.17) is 9.47 Å². The Kier molecular flexibility index (Phi) is 8.11. The Morgan fingerprint density at radius 3 is 2.52 bits per heavy atom. The first-order valence-corrected chi connectivity index (χ1v) is 11.5. The molecule has 1 atom stereocenters. The van der Waals surface area contributed by atoms with Crippen LogP contribution in [0.5, 0.6) is 5.75 Å². The van der Waals surface area contributed by atoms with Gasteiger partial charge in [0, 0.05) is 5.56 Å². The summed E-state index contributed by atoms with van der Waals surface area (Å²) in [4.78, 5) is 24.8. The summed E-state index contributed by atoms with van der Waals surface area (Å²) < 4.78 is 12.2. The first-order valence-electron chi connectivity index (χ1n) is 10.6. The largest absolute Gasteiger partial charge is 0.497 e.